The summed E-state index contributed by atoms with van der Waals surface area (Å²) in [6.45, 7) is 0.192. The Morgan fingerprint density at radius 1 is 1.10 bits per heavy atom. The highest BCUT2D eigenvalue weighted by Gasteiger charge is 2.46. The van der Waals surface area contributed by atoms with E-state index in [9.17, 15) is 19.1 Å². The van der Waals surface area contributed by atoms with Crippen LogP contribution < -0.4 is 4.74 Å². The first-order valence-electron chi connectivity index (χ1n) is 9.20. The van der Waals surface area contributed by atoms with Crippen LogP contribution in [0.1, 0.15) is 22.0 Å². The zero-order valence-corrected chi connectivity index (χ0v) is 16.9. The third kappa shape index (κ3) is 3.59. The van der Waals surface area contributed by atoms with Crippen LogP contribution in [0.5, 0.6) is 5.75 Å². The Balaban J connectivity index is 1.78. The number of ether oxygens (including phenoxy) is 1. The van der Waals surface area contributed by atoms with Crippen molar-refractivity contribution in [1.82, 2.24) is 4.90 Å². The molecule has 0 aliphatic carbocycles. The summed E-state index contributed by atoms with van der Waals surface area (Å²) in [6.07, 6.45) is 0. The fourth-order valence-electron chi connectivity index (χ4n) is 3.48. The molecule has 1 aliphatic rings. The first-order valence-corrected chi connectivity index (χ1v) is 10.1. The van der Waals surface area contributed by atoms with Crippen molar-refractivity contribution in [3.63, 3.8) is 0 Å². The van der Waals surface area contributed by atoms with Gasteiger partial charge in [-0.2, -0.15) is 0 Å². The summed E-state index contributed by atoms with van der Waals surface area (Å²) in [5, 5.41) is 12.7. The number of aliphatic hydroxyl groups is 1. The van der Waals surface area contributed by atoms with Crippen LogP contribution in [-0.4, -0.2) is 28.8 Å². The molecule has 1 N–H and O–H groups in total. The maximum Gasteiger partial charge on any atom is 0.295 e. The number of halogens is 1. The van der Waals surface area contributed by atoms with Gasteiger partial charge in [0.2, 0.25) is 0 Å². The second-order valence-electron chi connectivity index (χ2n) is 6.80. The molecule has 0 saturated carbocycles. The molecule has 1 fully saturated rings. The van der Waals surface area contributed by atoms with Gasteiger partial charge in [0, 0.05) is 17.0 Å². The maximum atomic E-state index is 13.3. The molecule has 0 radical (unpaired) electrons. The molecule has 152 valence electrons. The summed E-state index contributed by atoms with van der Waals surface area (Å²) in [5.74, 6) is -1.53. The second kappa shape index (κ2) is 8.12. The number of ketones is 1. The molecule has 3 aromatic rings. The van der Waals surface area contributed by atoms with E-state index in [1.807, 2.05) is 29.6 Å². The maximum absolute atomic E-state index is 13.3. The largest absolute Gasteiger partial charge is 0.507 e. The number of benzene rings is 2. The van der Waals surface area contributed by atoms with E-state index in [0.717, 1.165) is 10.4 Å². The number of methoxy groups -OCH3 is 1. The lowest BCUT2D eigenvalue weighted by Crippen LogP contribution is -2.28. The van der Waals surface area contributed by atoms with Crippen LogP contribution in [-0.2, 0) is 16.1 Å². The predicted octanol–water partition coefficient (Wildman–Crippen LogP) is 4.52. The van der Waals surface area contributed by atoms with Crippen molar-refractivity contribution in [3.05, 3.63) is 93.4 Å². The standard InChI is InChI=1S/C23H18FNO4S/c1-29-17-10-4-14(5-11-17)13-25-20(18-3-2-12-30-18)19(22(27)23(25)28)21(26)15-6-8-16(24)9-7-15/h2-12,20,26H,13H2,1H3/b21-19-. The van der Waals surface area contributed by atoms with Crippen molar-refractivity contribution >= 4 is 28.8 Å². The van der Waals surface area contributed by atoms with E-state index in [4.69, 9.17) is 4.74 Å². The van der Waals surface area contributed by atoms with Gasteiger partial charge in [-0.15, -0.1) is 11.3 Å². The lowest BCUT2D eigenvalue weighted by Gasteiger charge is -2.24. The van der Waals surface area contributed by atoms with Gasteiger partial charge in [0.15, 0.2) is 0 Å². The molecule has 0 spiro atoms. The number of hydrogen-bond acceptors (Lipinski definition) is 5. The quantitative estimate of drug-likeness (QED) is 0.372. The van der Waals surface area contributed by atoms with Crippen molar-refractivity contribution in [2.45, 2.75) is 12.6 Å². The van der Waals surface area contributed by atoms with Gasteiger partial charge in [0.1, 0.15) is 17.3 Å². The third-order valence-electron chi connectivity index (χ3n) is 4.98. The van der Waals surface area contributed by atoms with Crippen LogP contribution >= 0.6 is 11.3 Å². The van der Waals surface area contributed by atoms with E-state index in [-0.39, 0.29) is 23.4 Å². The van der Waals surface area contributed by atoms with Gasteiger partial charge in [0.25, 0.3) is 11.7 Å². The molecular weight excluding hydrogens is 405 g/mol. The number of hydrogen-bond donors (Lipinski definition) is 1. The number of amides is 1. The Hall–Kier alpha value is -3.45. The molecule has 1 aromatic heterocycles. The van der Waals surface area contributed by atoms with E-state index in [1.165, 1.54) is 40.5 Å². The topological polar surface area (TPSA) is 66.8 Å². The van der Waals surface area contributed by atoms with E-state index in [1.54, 1.807) is 19.2 Å². The summed E-state index contributed by atoms with van der Waals surface area (Å²) in [6, 6.07) is 15.3. The monoisotopic (exact) mass is 423 g/mol. The highest BCUT2D eigenvalue weighted by atomic mass is 32.1. The zero-order chi connectivity index (χ0) is 21.3. The van der Waals surface area contributed by atoms with Crippen molar-refractivity contribution in [2.75, 3.05) is 7.11 Å². The SMILES string of the molecule is COc1ccc(CN2C(=O)C(=O)/C(=C(\O)c3ccc(F)cc3)C2c2cccs2)cc1. The fourth-order valence-corrected chi connectivity index (χ4v) is 4.32. The minimum Gasteiger partial charge on any atom is -0.507 e. The van der Waals surface area contributed by atoms with Crippen molar-refractivity contribution in [3.8, 4) is 5.75 Å². The molecule has 1 amide bonds. The molecular formula is C23H18FNO4S. The highest BCUT2D eigenvalue weighted by molar-refractivity contribution is 7.10. The molecule has 4 rings (SSSR count). The van der Waals surface area contributed by atoms with E-state index in [2.05, 4.69) is 0 Å². The van der Waals surface area contributed by atoms with Gasteiger partial charge in [-0.05, 0) is 53.4 Å². The van der Waals surface area contributed by atoms with Crippen LogP contribution in [0, 0.1) is 5.82 Å². The predicted molar refractivity (Wildman–Crippen MR) is 112 cm³/mol. The molecule has 1 atom stereocenters. The Bertz CT molecular complexity index is 1110. The van der Waals surface area contributed by atoms with Gasteiger partial charge in [-0.3, -0.25) is 9.59 Å². The van der Waals surface area contributed by atoms with Crippen molar-refractivity contribution in [2.24, 2.45) is 0 Å². The Kier molecular flexibility index (Phi) is 5.37. The molecule has 2 aromatic carbocycles. The van der Waals surface area contributed by atoms with Gasteiger partial charge in [-0.25, -0.2) is 4.39 Å². The number of likely N-dealkylation sites (tertiary alicyclic amines) is 1. The number of carbonyl (C=O) groups is 2. The van der Waals surface area contributed by atoms with Crippen LogP contribution in [0.2, 0.25) is 0 Å². The Morgan fingerprint density at radius 3 is 2.40 bits per heavy atom. The number of Topliss-reactive ketones (excluding diaryl/α,β-unsaturated/α-hetero) is 1. The average Bonchev–Trinajstić information content (AvgIpc) is 3.37. The molecule has 7 heteroatoms. The molecule has 0 bridgehead atoms. The smallest absolute Gasteiger partial charge is 0.295 e. The minimum atomic E-state index is -0.760. The molecule has 2 heterocycles. The second-order valence-corrected chi connectivity index (χ2v) is 7.78. The summed E-state index contributed by atoms with van der Waals surface area (Å²) in [7, 11) is 1.57. The molecule has 1 unspecified atom stereocenters. The van der Waals surface area contributed by atoms with Crippen molar-refractivity contribution in [1.29, 1.82) is 0 Å². The van der Waals surface area contributed by atoms with E-state index < -0.39 is 23.5 Å². The summed E-state index contributed by atoms with van der Waals surface area (Å²) < 4.78 is 18.5. The summed E-state index contributed by atoms with van der Waals surface area (Å²) in [4.78, 5) is 28.0. The first-order chi connectivity index (χ1) is 14.5. The number of nitrogens with zero attached hydrogens (tertiary/aromatic N) is 1. The van der Waals surface area contributed by atoms with Crippen LogP contribution in [0.3, 0.4) is 0 Å². The van der Waals surface area contributed by atoms with Gasteiger partial charge >= 0.3 is 0 Å². The summed E-state index contributed by atoms with van der Waals surface area (Å²) >= 11 is 1.39. The lowest BCUT2D eigenvalue weighted by molar-refractivity contribution is -0.140. The number of thiophene rings is 1. The normalized spacial score (nSPS) is 18.1. The van der Waals surface area contributed by atoms with Gasteiger partial charge < -0.3 is 14.7 Å². The van der Waals surface area contributed by atoms with Gasteiger partial charge in [-0.1, -0.05) is 18.2 Å². The highest BCUT2D eigenvalue weighted by Crippen LogP contribution is 2.41. The molecule has 1 aliphatic heterocycles. The molecule has 5 nitrogen and oxygen atoms in total. The van der Waals surface area contributed by atoms with E-state index in [0.29, 0.717) is 5.75 Å². The fraction of sp³-hybridized carbons (Fsp3) is 0.130. The zero-order valence-electron chi connectivity index (χ0n) is 16.0. The molecule has 1 saturated heterocycles. The first kappa shape index (κ1) is 19.8. The van der Waals surface area contributed by atoms with Gasteiger partial charge in [0.05, 0.1) is 18.7 Å². The third-order valence-corrected chi connectivity index (χ3v) is 5.91. The lowest BCUT2D eigenvalue weighted by atomic mass is 9.99. The minimum absolute atomic E-state index is 0.00238. The number of rotatable bonds is 5. The number of carbonyl (C=O) groups excluding carboxylic acids is 2. The Morgan fingerprint density at radius 2 is 1.80 bits per heavy atom. The van der Waals surface area contributed by atoms with Crippen LogP contribution in [0.4, 0.5) is 4.39 Å². The van der Waals surface area contributed by atoms with Crippen molar-refractivity contribution < 1.29 is 23.8 Å². The average molecular weight is 423 g/mol. The summed E-state index contributed by atoms with van der Waals surface area (Å²) in [5.41, 5.74) is 1.10. The Labute approximate surface area is 176 Å². The van der Waals surface area contributed by atoms with Crippen LogP contribution in [0.15, 0.2) is 71.6 Å². The molecule has 30 heavy (non-hydrogen) atoms. The van der Waals surface area contributed by atoms with E-state index >= 15 is 0 Å². The van der Waals surface area contributed by atoms with Crippen LogP contribution in [0.25, 0.3) is 5.76 Å². The number of aliphatic hydroxyl groups excluding tert-OH is 1.